The van der Waals surface area contributed by atoms with E-state index in [1.165, 1.54) is 25.0 Å². The first-order valence-electron chi connectivity index (χ1n) is 6.41. The fourth-order valence-electron chi connectivity index (χ4n) is 1.92. The summed E-state index contributed by atoms with van der Waals surface area (Å²) in [4.78, 5) is 11.6. The molecule has 0 amide bonds. The number of hydrogen-bond donors (Lipinski definition) is 0. The first-order chi connectivity index (χ1) is 7.57. The molecule has 0 aliphatic carbocycles. The highest BCUT2D eigenvalue weighted by atomic mass is 33.1. The van der Waals surface area contributed by atoms with E-state index < -0.39 is 0 Å². The predicted octanol–water partition coefficient (Wildman–Crippen LogP) is 4.71. The van der Waals surface area contributed by atoms with Gasteiger partial charge in [-0.2, -0.15) is 0 Å². The Morgan fingerprint density at radius 2 is 2.19 bits per heavy atom. The minimum atomic E-state index is 0.270. The van der Waals surface area contributed by atoms with Gasteiger partial charge in [-0.1, -0.05) is 41.9 Å². The van der Waals surface area contributed by atoms with Crippen LogP contribution < -0.4 is 0 Å². The smallest absolute Gasteiger partial charge is 0.135 e. The molecule has 0 aromatic carbocycles. The Morgan fingerprint density at radius 3 is 2.75 bits per heavy atom. The number of carbonyl (C=O) groups excluding carboxylic acids is 1. The SMILES string of the molecule is CCC(C)C(=O)CCCCC1(C)CCSS1. The van der Waals surface area contributed by atoms with E-state index in [1.54, 1.807) is 0 Å². The summed E-state index contributed by atoms with van der Waals surface area (Å²) in [5.74, 6) is 2.03. The summed E-state index contributed by atoms with van der Waals surface area (Å²) >= 11 is 0. The second kappa shape index (κ2) is 6.95. The number of hydrogen-bond acceptors (Lipinski definition) is 3. The standard InChI is InChI=1S/C13H24OS2/c1-4-11(2)12(14)7-5-6-8-13(3)9-10-15-16-13/h11H,4-10H2,1-3H3. The third-order valence-corrected chi connectivity index (χ3v) is 6.88. The molecule has 0 radical (unpaired) electrons. The third-order valence-electron chi connectivity index (χ3n) is 3.52. The van der Waals surface area contributed by atoms with Crippen LogP contribution in [0.4, 0.5) is 0 Å². The van der Waals surface area contributed by atoms with Crippen molar-refractivity contribution in [2.75, 3.05) is 5.75 Å². The molecule has 2 unspecified atom stereocenters. The zero-order valence-electron chi connectivity index (χ0n) is 10.8. The van der Waals surface area contributed by atoms with Gasteiger partial charge in [0.2, 0.25) is 0 Å². The van der Waals surface area contributed by atoms with Gasteiger partial charge in [0.15, 0.2) is 0 Å². The van der Waals surface area contributed by atoms with Crippen molar-refractivity contribution in [3.05, 3.63) is 0 Å². The molecular formula is C13H24OS2. The zero-order chi connectivity index (χ0) is 12.0. The third kappa shape index (κ3) is 4.70. The molecule has 1 rings (SSSR count). The van der Waals surface area contributed by atoms with Gasteiger partial charge in [0.05, 0.1) is 0 Å². The molecule has 0 aromatic rings. The van der Waals surface area contributed by atoms with Crippen molar-refractivity contribution in [3.63, 3.8) is 0 Å². The van der Waals surface area contributed by atoms with Crippen molar-refractivity contribution in [1.82, 2.24) is 0 Å². The van der Waals surface area contributed by atoms with E-state index in [-0.39, 0.29) is 5.92 Å². The van der Waals surface area contributed by atoms with Gasteiger partial charge in [-0.15, -0.1) is 0 Å². The lowest BCUT2D eigenvalue weighted by atomic mass is 9.95. The van der Waals surface area contributed by atoms with Crippen LogP contribution >= 0.6 is 21.6 Å². The maximum atomic E-state index is 11.6. The summed E-state index contributed by atoms with van der Waals surface area (Å²) in [5.41, 5.74) is 0. The van der Waals surface area contributed by atoms with Crippen molar-refractivity contribution in [2.24, 2.45) is 5.92 Å². The van der Waals surface area contributed by atoms with Gasteiger partial charge >= 0.3 is 0 Å². The minimum absolute atomic E-state index is 0.270. The Hall–Kier alpha value is 0.370. The van der Waals surface area contributed by atoms with Gasteiger partial charge < -0.3 is 0 Å². The Bertz CT molecular complexity index is 222. The number of Topliss-reactive ketones (excluding diaryl/α,β-unsaturated/α-hetero) is 1. The van der Waals surface area contributed by atoms with Gasteiger partial charge in [0.25, 0.3) is 0 Å². The molecule has 0 spiro atoms. The molecule has 0 aromatic heterocycles. The lowest BCUT2D eigenvalue weighted by Gasteiger charge is -2.20. The van der Waals surface area contributed by atoms with Crippen LogP contribution in [0.2, 0.25) is 0 Å². The minimum Gasteiger partial charge on any atom is -0.299 e. The van der Waals surface area contributed by atoms with Crippen LogP contribution in [-0.2, 0) is 4.79 Å². The Balaban J connectivity index is 2.09. The normalized spacial score (nSPS) is 26.9. The fraction of sp³-hybridized carbons (Fsp3) is 0.923. The summed E-state index contributed by atoms with van der Waals surface area (Å²) in [5, 5.41) is 0. The van der Waals surface area contributed by atoms with Gasteiger partial charge in [0, 0.05) is 22.8 Å². The molecule has 2 atom stereocenters. The van der Waals surface area contributed by atoms with E-state index >= 15 is 0 Å². The largest absolute Gasteiger partial charge is 0.299 e. The highest BCUT2D eigenvalue weighted by Gasteiger charge is 2.29. The van der Waals surface area contributed by atoms with E-state index in [4.69, 9.17) is 0 Å². The first kappa shape index (κ1) is 14.4. The summed E-state index contributed by atoms with van der Waals surface area (Å²) in [7, 11) is 4.05. The molecule has 94 valence electrons. The van der Waals surface area contributed by atoms with Gasteiger partial charge in [-0.05, 0) is 32.6 Å². The average Bonchev–Trinajstić information content (AvgIpc) is 2.70. The molecule has 0 saturated carbocycles. The van der Waals surface area contributed by atoms with E-state index in [0.29, 0.717) is 10.5 Å². The second-order valence-electron chi connectivity index (χ2n) is 5.09. The number of carbonyl (C=O) groups is 1. The second-order valence-corrected chi connectivity index (χ2v) is 8.09. The Morgan fingerprint density at radius 1 is 1.44 bits per heavy atom. The highest BCUT2D eigenvalue weighted by molar-refractivity contribution is 8.77. The van der Waals surface area contributed by atoms with Gasteiger partial charge in [-0.3, -0.25) is 4.79 Å². The van der Waals surface area contributed by atoms with Crippen molar-refractivity contribution >= 4 is 27.4 Å². The molecule has 1 aliphatic heterocycles. The predicted molar refractivity (Wildman–Crippen MR) is 76.0 cm³/mol. The van der Waals surface area contributed by atoms with Crippen LogP contribution in [0.25, 0.3) is 0 Å². The number of ketones is 1. The average molecular weight is 260 g/mol. The Kier molecular flexibility index (Phi) is 6.27. The van der Waals surface area contributed by atoms with Crippen LogP contribution in [0.1, 0.15) is 59.3 Å². The molecule has 1 nitrogen and oxygen atoms in total. The molecule has 1 fully saturated rings. The fourth-order valence-corrected chi connectivity index (χ4v) is 5.22. The topological polar surface area (TPSA) is 17.1 Å². The quantitative estimate of drug-likeness (QED) is 0.487. The van der Waals surface area contributed by atoms with Gasteiger partial charge in [0.1, 0.15) is 5.78 Å². The maximum Gasteiger partial charge on any atom is 0.135 e. The van der Waals surface area contributed by atoms with Gasteiger partial charge in [-0.25, -0.2) is 0 Å². The number of rotatable bonds is 7. The first-order valence-corrected chi connectivity index (χ1v) is 8.72. The summed E-state index contributed by atoms with van der Waals surface area (Å²) in [6.07, 6.45) is 6.70. The molecule has 0 N–H and O–H groups in total. The Labute approximate surface area is 108 Å². The summed E-state index contributed by atoms with van der Waals surface area (Å²) in [6.45, 7) is 6.51. The van der Waals surface area contributed by atoms with Crippen molar-refractivity contribution in [3.8, 4) is 0 Å². The molecule has 1 aliphatic rings. The van der Waals surface area contributed by atoms with E-state index in [1.807, 2.05) is 28.5 Å². The van der Waals surface area contributed by atoms with E-state index in [0.717, 1.165) is 19.3 Å². The van der Waals surface area contributed by atoms with E-state index in [2.05, 4.69) is 13.8 Å². The van der Waals surface area contributed by atoms with Crippen LogP contribution in [0.15, 0.2) is 0 Å². The lowest BCUT2D eigenvalue weighted by Crippen LogP contribution is -2.16. The maximum absolute atomic E-state index is 11.6. The molecule has 0 bridgehead atoms. The van der Waals surface area contributed by atoms with Crippen LogP contribution in [0, 0.1) is 5.92 Å². The highest BCUT2D eigenvalue weighted by Crippen LogP contribution is 2.49. The number of unbranched alkanes of at least 4 members (excludes halogenated alkanes) is 1. The van der Waals surface area contributed by atoms with Crippen LogP contribution in [0.5, 0.6) is 0 Å². The summed E-state index contributed by atoms with van der Waals surface area (Å²) < 4.78 is 0.490. The molecular weight excluding hydrogens is 236 g/mol. The molecule has 16 heavy (non-hydrogen) atoms. The van der Waals surface area contributed by atoms with Crippen molar-refractivity contribution < 1.29 is 4.79 Å². The van der Waals surface area contributed by atoms with Crippen LogP contribution in [-0.4, -0.2) is 16.3 Å². The van der Waals surface area contributed by atoms with Crippen molar-refractivity contribution in [2.45, 2.75) is 64.0 Å². The van der Waals surface area contributed by atoms with E-state index in [9.17, 15) is 4.79 Å². The summed E-state index contributed by atoms with van der Waals surface area (Å²) in [6, 6.07) is 0. The van der Waals surface area contributed by atoms with Crippen LogP contribution in [0.3, 0.4) is 0 Å². The van der Waals surface area contributed by atoms with Crippen molar-refractivity contribution in [1.29, 1.82) is 0 Å². The molecule has 1 heterocycles. The zero-order valence-corrected chi connectivity index (χ0v) is 12.4. The monoisotopic (exact) mass is 260 g/mol. The molecule has 3 heteroatoms. The molecule has 1 saturated heterocycles. The lowest BCUT2D eigenvalue weighted by molar-refractivity contribution is -0.122.